The topological polar surface area (TPSA) is 61.4 Å². The molecular weight excluding hydrogens is 254 g/mol. The Morgan fingerprint density at radius 2 is 1.80 bits per heavy atom. The molecule has 0 aliphatic heterocycles. The fourth-order valence-corrected chi connectivity index (χ4v) is 1.53. The molecule has 1 atom stereocenters. The van der Waals surface area contributed by atoms with E-state index in [1.165, 1.54) is 4.90 Å². The van der Waals surface area contributed by atoms with Crippen LogP contribution in [0.3, 0.4) is 0 Å². The van der Waals surface area contributed by atoms with Crippen molar-refractivity contribution in [1.29, 1.82) is 0 Å². The van der Waals surface area contributed by atoms with Crippen LogP contribution in [0.5, 0.6) is 0 Å². The van der Waals surface area contributed by atoms with E-state index in [0.717, 1.165) is 0 Å². The van der Waals surface area contributed by atoms with Crippen LogP contribution in [0, 0.1) is 5.92 Å². The summed E-state index contributed by atoms with van der Waals surface area (Å²) >= 11 is 0. The Hall–Kier alpha value is -2.04. The predicted molar refractivity (Wildman–Crippen MR) is 80.9 cm³/mol. The zero-order valence-electron chi connectivity index (χ0n) is 12.7. The number of hydrogen-bond donors (Lipinski definition) is 2. The molecule has 1 aromatic rings. The van der Waals surface area contributed by atoms with E-state index in [0.29, 0.717) is 17.2 Å². The molecule has 0 unspecified atom stereocenters. The van der Waals surface area contributed by atoms with Crippen molar-refractivity contribution in [2.24, 2.45) is 5.92 Å². The summed E-state index contributed by atoms with van der Waals surface area (Å²) in [6, 6.07) is 6.72. The summed E-state index contributed by atoms with van der Waals surface area (Å²) in [6.45, 7) is 6.04. The van der Waals surface area contributed by atoms with E-state index in [1.807, 2.05) is 20.8 Å². The molecule has 1 aromatic carbocycles. The first-order chi connectivity index (χ1) is 9.31. The molecule has 0 fully saturated rings. The number of nitrogens with zero attached hydrogens (tertiary/aromatic N) is 1. The second-order valence-corrected chi connectivity index (χ2v) is 5.41. The molecule has 2 N–H and O–H groups in total. The van der Waals surface area contributed by atoms with Gasteiger partial charge in [-0.3, -0.25) is 4.79 Å². The quantitative estimate of drug-likeness (QED) is 0.888. The van der Waals surface area contributed by atoms with Gasteiger partial charge in [0.15, 0.2) is 0 Å². The van der Waals surface area contributed by atoms with Gasteiger partial charge in [-0.05, 0) is 31.0 Å². The Bertz CT molecular complexity index is 484. The van der Waals surface area contributed by atoms with Crippen molar-refractivity contribution in [1.82, 2.24) is 10.2 Å². The van der Waals surface area contributed by atoms with Crippen molar-refractivity contribution in [2.45, 2.75) is 26.8 Å². The average Bonchev–Trinajstić information content (AvgIpc) is 2.37. The van der Waals surface area contributed by atoms with Crippen molar-refractivity contribution in [2.75, 3.05) is 19.4 Å². The van der Waals surface area contributed by atoms with E-state index in [-0.39, 0.29) is 18.0 Å². The smallest absolute Gasteiger partial charge is 0.319 e. The number of amides is 3. The third-order valence-corrected chi connectivity index (χ3v) is 3.13. The number of carbonyl (C=O) groups excluding carboxylic acids is 2. The maximum Gasteiger partial charge on any atom is 0.319 e. The second kappa shape index (κ2) is 6.93. The van der Waals surface area contributed by atoms with Crippen LogP contribution in [0.15, 0.2) is 24.3 Å². The van der Waals surface area contributed by atoms with Crippen LogP contribution in [-0.2, 0) is 0 Å². The van der Waals surface area contributed by atoms with Crippen molar-refractivity contribution in [3.8, 4) is 0 Å². The first-order valence-corrected chi connectivity index (χ1v) is 6.70. The standard InChI is InChI=1S/C15H23N3O2/c1-10(2)11(3)16-15(20)17-13-8-6-7-12(9-13)14(19)18(4)5/h6-11H,1-5H3,(H2,16,17,20)/t11-/m1/s1. The zero-order valence-corrected chi connectivity index (χ0v) is 12.7. The highest BCUT2D eigenvalue weighted by molar-refractivity contribution is 5.96. The second-order valence-electron chi connectivity index (χ2n) is 5.41. The Labute approximate surface area is 120 Å². The molecule has 0 aromatic heterocycles. The SMILES string of the molecule is CC(C)[C@@H](C)NC(=O)Nc1cccc(C(=O)N(C)C)c1. The van der Waals surface area contributed by atoms with Gasteiger partial charge in [0.1, 0.15) is 0 Å². The summed E-state index contributed by atoms with van der Waals surface area (Å²) < 4.78 is 0. The summed E-state index contributed by atoms with van der Waals surface area (Å²) in [5, 5.41) is 5.59. The lowest BCUT2D eigenvalue weighted by atomic mass is 10.1. The van der Waals surface area contributed by atoms with E-state index >= 15 is 0 Å². The van der Waals surface area contributed by atoms with Crippen molar-refractivity contribution in [3.63, 3.8) is 0 Å². The maximum atomic E-state index is 11.8. The van der Waals surface area contributed by atoms with Crippen LogP contribution in [0.1, 0.15) is 31.1 Å². The normalized spacial score (nSPS) is 11.9. The maximum absolute atomic E-state index is 11.8. The molecule has 0 heterocycles. The van der Waals surface area contributed by atoms with Crippen LogP contribution in [-0.4, -0.2) is 37.0 Å². The lowest BCUT2D eigenvalue weighted by molar-refractivity contribution is 0.0827. The minimum atomic E-state index is -0.263. The van der Waals surface area contributed by atoms with Gasteiger partial charge in [0.05, 0.1) is 0 Å². The molecule has 1 rings (SSSR count). The Balaban J connectivity index is 2.71. The molecule has 5 nitrogen and oxygen atoms in total. The minimum absolute atomic E-state index is 0.0848. The fraction of sp³-hybridized carbons (Fsp3) is 0.467. The molecule has 0 saturated carbocycles. The van der Waals surface area contributed by atoms with Gasteiger partial charge in [-0.2, -0.15) is 0 Å². The van der Waals surface area contributed by atoms with Gasteiger partial charge in [0.2, 0.25) is 0 Å². The summed E-state index contributed by atoms with van der Waals surface area (Å²) in [7, 11) is 3.39. The van der Waals surface area contributed by atoms with Crippen LogP contribution >= 0.6 is 0 Å². The molecule has 0 radical (unpaired) electrons. The Kier molecular flexibility index (Phi) is 5.55. The van der Waals surface area contributed by atoms with E-state index < -0.39 is 0 Å². The van der Waals surface area contributed by atoms with E-state index in [2.05, 4.69) is 10.6 Å². The number of urea groups is 1. The molecule has 0 spiro atoms. The average molecular weight is 277 g/mol. The molecule has 0 bridgehead atoms. The van der Waals surface area contributed by atoms with Crippen LogP contribution < -0.4 is 10.6 Å². The molecule has 20 heavy (non-hydrogen) atoms. The predicted octanol–water partition coefficient (Wildman–Crippen LogP) is 2.55. The van der Waals surface area contributed by atoms with E-state index in [1.54, 1.807) is 38.4 Å². The number of rotatable bonds is 4. The molecular formula is C15H23N3O2. The van der Waals surface area contributed by atoms with E-state index in [9.17, 15) is 9.59 Å². The molecule has 5 heteroatoms. The largest absolute Gasteiger partial charge is 0.345 e. The number of anilines is 1. The molecule has 3 amide bonds. The lowest BCUT2D eigenvalue weighted by Crippen LogP contribution is -2.39. The number of carbonyl (C=O) groups is 2. The molecule has 0 saturated heterocycles. The van der Waals surface area contributed by atoms with Gasteiger partial charge < -0.3 is 15.5 Å². The van der Waals surface area contributed by atoms with Crippen LogP contribution in [0.25, 0.3) is 0 Å². The summed E-state index contributed by atoms with van der Waals surface area (Å²) in [5.74, 6) is 0.270. The lowest BCUT2D eigenvalue weighted by Gasteiger charge is -2.18. The van der Waals surface area contributed by atoms with Gasteiger partial charge in [-0.25, -0.2) is 4.79 Å². The summed E-state index contributed by atoms with van der Waals surface area (Å²) in [5.41, 5.74) is 1.15. The van der Waals surface area contributed by atoms with Gasteiger partial charge in [0, 0.05) is 31.4 Å². The first kappa shape index (κ1) is 16.0. The number of nitrogens with one attached hydrogen (secondary N) is 2. The Morgan fingerprint density at radius 1 is 1.15 bits per heavy atom. The summed E-state index contributed by atoms with van der Waals surface area (Å²) in [6.07, 6.45) is 0. The van der Waals surface area contributed by atoms with Gasteiger partial charge in [-0.15, -0.1) is 0 Å². The third kappa shape index (κ3) is 4.57. The zero-order chi connectivity index (χ0) is 15.3. The Morgan fingerprint density at radius 3 is 2.35 bits per heavy atom. The van der Waals surface area contributed by atoms with Crippen LogP contribution in [0.4, 0.5) is 10.5 Å². The van der Waals surface area contributed by atoms with Gasteiger partial charge >= 0.3 is 6.03 Å². The van der Waals surface area contributed by atoms with Crippen molar-refractivity contribution >= 4 is 17.6 Å². The highest BCUT2D eigenvalue weighted by atomic mass is 16.2. The monoisotopic (exact) mass is 277 g/mol. The fourth-order valence-electron chi connectivity index (χ4n) is 1.53. The molecule has 0 aliphatic rings. The summed E-state index contributed by atoms with van der Waals surface area (Å²) in [4.78, 5) is 25.2. The van der Waals surface area contributed by atoms with Gasteiger partial charge in [-0.1, -0.05) is 19.9 Å². The molecule has 110 valence electrons. The van der Waals surface area contributed by atoms with Gasteiger partial charge in [0.25, 0.3) is 5.91 Å². The van der Waals surface area contributed by atoms with Crippen molar-refractivity contribution < 1.29 is 9.59 Å². The van der Waals surface area contributed by atoms with E-state index in [4.69, 9.17) is 0 Å². The first-order valence-electron chi connectivity index (χ1n) is 6.70. The van der Waals surface area contributed by atoms with Crippen LogP contribution in [0.2, 0.25) is 0 Å². The minimum Gasteiger partial charge on any atom is -0.345 e. The highest BCUT2D eigenvalue weighted by Gasteiger charge is 2.12. The number of hydrogen-bond acceptors (Lipinski definition) is 2. The highest BCUT2D eigenvalue weighted by Crippen LogP contribution is 2.12. The van der Waals surface area contributed by atoms with Crippen molar-refractivity contribution in [3.05, 3.63) is 29.8 Å². The number of benzene rings is 1. The molecule has 0 aliphatic carbocycles. The third-order valence-electron chi connectivity index (χ3n) is 3.13.